The Bertz CT molecular complexity index is 953. The number of hydrogen-bond acceptors (Lipinski definition) is 4. The standard InChI is InChI=1S/C30H44N2O4/c1-17(2)23-13-21(14-24(18(3)4)27(23)35-29(33)31(9)10)22-15-25(19(5)6)28(26(16-22)20(7)8)36-30(34)32(11)12/h13-20H,1-12H3. The molecular formula is C30H44N2O4. The SMILES string of the molecule is CC(C)c1cc(-c2cc(C(C)C)c(OC(=O)N(C)C)c(C(C)C)c2)cc(C(C)C)c1OC(=O)N(C)C. The first-order valence-electron chi connectivity index (χ1n) is 12.8. The minimum Gasteiger partial charge on any atom is -0.410 e. The van der Waals surface area contributed by atoms with Crippen LogP contribution >= 0.6 is 0 Å². The normalized spacial score (nSPS) is 11.4. The molecule has 0 saturated carbocycles. The molecule has 0 aliphatic heterocycles. The fourth-order valence-electron chi connectivity index (χ4n) is 3.99. The summed E-state index contributed by atoms with van der Waals surface area (Å²) in [5.41, 5.74) is 6.08. The minimum atomic E-state index is -0.386. The number of ether oxygens (including phenoxy) is 2. The van der Waals surface area contributed by atoms with Gasteiger partial charge in [-0.3, -0.25) is 0 Å². The van der Waals surface area contributed by atoms with Crippen LogP contribution in [0, 0.1) is 0 Å². The Morgan fingerprint density at radius 2 is 0.750 bits per heavy atom. The quantitative estimate of drug-likeness (QED) is 0.390. The predicted molar refractivity (Wildman–Crippen MR) is 148 cm³/mol. The average Bonchev–Trinajstić information content (AvgIpc) is 2.78. The van der Waals surface area contributed by atoms with Crippen molar-refractivity contribution >= 4 is 12.2 Å². The van der Waals surface area contributed by atoms with Gasteiger partial charge in [-0.05, 0) is 81.3 Å². The number of carbonyl (C=O) groups is 2. The van der Waals surface area contributed by atoms with Gasteiger partial charge in [0.05, 0.1) is 0 Å². The summed E-state index contributed by atoms with van der Waals surface area (Å²) < 4.78 is 11.8. The van der Waals surface area contributed by atoms with E-state index < -0.39 is 0 Å². The summed E-state index contributed by atoms with van der Waals surface area (Å²) in [5.74, 6) is 1.91. The van der Waals surface area contributed by atoms with Gasteiger partial charge in [0.1, 0.15) is 11.5 Å². The molecule has 0 bridgehead atoms. The highest BCUT2D eigenvalue weighted by atomic mass is 16.6. The molecule has 6 nitrogen and oxygen atoms in total. The van der Waals surface area contributed by atoms with Crippen LogP contribution < -0.4 is 9.47 Å². The third-order valence-electron chi connectivity index (χ3n) is 6.22. The number of nitrogens with zero attached hydrogens (tertiary/aromatic N) is 2. The minimum absolute atomic E-state index is 0.155. The summed E-state index contributed by atoms with van der Waals surface area (Å²) >= 11 is 0. The molecule has 0 saturated heterocycles. The van der Waals surface area contributed by atoms with Crippen LogP contribution in [-0.2, 0) is 0 Å². The fourth-order valence-corrected chi connectivity index (χ4v) is 3.99. The zero-order chi connectivity index (χ0) is 27.5. The van der Waals surface area contributed by atoms with Crippen LogP contribution in [0.1, 0.15) is 101 Å². The summed E-state index contributed by atoms with van der Waals surface area (Å²) in [5, 5.41) is 0. The lowest BCUT2D eigenvalue weighted by Gasteiger charge is -2.24. The molecule has 6 heteroatoms. The number of hydrogen-bond donors (Lipinski definition) is 0. The first kappa shape index (κ1) is 29.2. The van der Waals surface area contributed by atoms with Gasteiger partial charge < -0.3 is 19.3 Å². The topological polar surface area (TPSA) is 59.1 Å². The highest BCUT2D eigenvalue weighted by Crippen LogP contribution is 2.43. The smallest absolute Gasteiger partial charge is 0.410 e. The van der Waals surface area contributed by atoms with E-state index in [0.717, 1.165) is 33.4 Å². The van der Waals surface area contributed by atoms with Crippen molar-refractivity contribution in [2.45, 2.75) is 79.1 Å². The number of rotatable bonds is 7. The Kier molecular flexibility index (Phi) is 9.58. The van der Waals surface area contributed by atoms with E-state index in [1.54, 1.807) is 28.2 Å². The molecule has 0 N–H and O–H groups in total. The van der Waals surface area contributed by atoms with Crippen LogP contribution in [0.4, 0.5) is 9.59 Å². The zero-order valence-electron chi connectivity index (χ0n) is 24.1. The maximum Gasteiger partial charge on any atom is 0.414 e. The molecule has 0 aromatic heterocycles. The third kappa shape index (κ3) is 6.59. The Balaban J connectivity index is 2.83. The number of benzene rings is 2. The van der Waals surface area contributed by atoms with Gasteiger partial charge in [-0.2, -0.15) is 0 Å². The van der Waals surface area contributed by atoms with Gasteiger partial charge in [-0.25, -0.2) is 9.59 Å². The molecule has 0 aliphatic rings. The summed E-state index contributed by atoms with van der Waals surface area (Å²) in [6.07, 6.45) is -0.773. The molecule has 2 rings (SSSR count). The molecule has 0 unspecified atom stereocenters. The van der Waals surface area contributed by atoms with Crippen LogP contribution in [0.15, 0.2) is 24.3 Å². The molecule has 0 aliphatic carbocycles. The van der Waals surface area contributed by atoms with Crippen molar-refractivity contribution in [3.8, 4) is 22.6 Å². The van der Waals surface area contributed by atoms with Crippen molar-refractivity contribution in [3.63, 3.8) is 0 Å². The van der Waals surface area contributed by atoms with Gasteiger partial charge in [0.25, 0.3) is 0 Å². The van der Waals surface area contributed by atoms with Crippen LogP contribution in [0.25, 0.3) is 11.1 Å². The van der Waals surface area contributed by atoms with Gasteiger partial charge in [-0.1, -0.05) is 55.4 Å². The van der Waals surface area contributed by atoms with E-state index in [2.05, 4.69) is 79.7 Å². The molecule has 198 valence electrons. The first-order valence-corrected chi connectivity index (χ1v) is 12.8. The second-order valence-corrected chi connectivity index (χ2v) is 11.1. The molecule has 36 heavy (non-hydrogen) atoms. The van der Waals surface area contributed by atoms with Crippen LogP contribution in [0.5, 0.6) is 11.5 Å². The second-order valence-electron chi connectivity index (χ2n) is 11.1. The van der Waals surface area contributed by atoms with Gasteiger partial charge in [0, 0.05) is 28.2 Å². The van der Waals surface area contributed by atoms with Crippen molar-refractivity contribution in [2.75, 3.05) is 28.2 Å². The Morgan fingerprint density at radius 3 is 0.917 bits per heavy atom. The van der Waals surface area contributed by atoms with Crippen molar-refractivity contribution in [1.29, 1.82) is 0 Å². The fraction of sp³-hybridized carbons (Fsp3) is 0.533. The molecule has 2 aromatic rings. The van der Waals surface area contributed by atoms with E-state index in [1.165, 1.54) is 9.80 Å². The van der Waals surface area contributed by atoms with Gasteiger partial charge in [0.2, 0.25) is 0 Å². The lowest BCUT2D eigenvalue weighted by molar-refractivity contribution is 0.170. The molecule has 0 heterocycles. The highest BCUT2D eigenvalue weighted by Gasteiger charge is 2.24. The molecular weight excluding hydrogens is 452 g/mol. The van der Waals surface area contributed by atoms with Crippen LogP contribution in [0.2, 0.25) is 0 Å². The molecule has 0 fully saturated rings. The Hall–Kier alpha value is -3.02. The maximum absolute atomic E-state index is 12.5. The largest absolute Gasteiger partial charge is 0.414 e. The zero-order valence-corrected chi connectivity index (χ0v) is 24.1. The van der Waals surface area contributed by atoms with E-state index in [1.807, 2.05) is 0 Å². The maximum atomic E-state index is 12.5. The van der Waals surface area contributed by atoms with E-state index in [0.29, 0.717) is 11.5 Å². The molecule has 0 atom stereocenters. The predicted octanol–water partition coefficient (Wildman–Crippen LogP) is 7.97. The van der Waals surface area contributed by atoms with E-state index in [4.69, 9.17) is 9.47 Å². The monoisotopic (exact) mass is 496 g/mol. The highest BCUT2D eigenvalue weighted by molar-refractivity contribution is 5.77. The molecule has 0 spiro atoms. The van der Waals surface area contributed by atoms with Crippen molar-refractivity contribution in [2.24, 2.45) is 0 Å². The number of carbonyl (C=O) groups excluding carboxylic acids is 2. The van der Waals surface area contributed by atoms with Crippen molar-refractivity contribution in [3.05, 3.63) is 46.5 Å². The van der Waals surface area contributed by atoms with Gasteiger partial charge in [-0.15, -0.1) is 0 Å². The van der Waals surface area contributed by atoms with Crippen molar-refractivity contribution in [1.82, 2.24) is 9.80 Å². The Morgan fingerprint density at radius 1 is 0.528 bits per heavy atom. The summed E-state index contributed by atoms with van der Waals surface area (Å²) in [4.78, 5) is 27.9. The summed E-state index contributed by atoms with van der Waals surface area (Å²) in [7, 11) is 6.75. The lowest BCUT2D eigenvalue weighted by Crippen LogP contribution is -2.26. The van der Waals surface area contributed by atoms with E-state index >= 15 is 0 Å². The second kappa shape index (κ2) is 11.8. The molecule has 0 radical (unpaired) electrons. The average molecular weight is 497 g/mol. The first-order chi connectivity index (χ1) is 16.6. The molecule has 2 aromatic carbocycles. The van der Waals surface area contributed by atoms with Gasteiger partial charge in [0.15, 0.2) is 0 Å². The summed E-state index contributed by atoms with van der Waals surface area (Å²) in [6.45, 7) is 16.9. The van der Waals surface area contributed by atoms with Gasteiger partial charge >= 0.3 is 12.2 Å². The summed E-state index contributed by atoms with van der Waals surface area (Å²) in [6, 6.07) is 8.52. The molecule has 2 amide bonds. The lowest BCUT2D eigenvalue weighted by atomic mass is 9.86. The van der Waals surface area contributed by atoms with E-state index in [-0.39, 0.29) is 35.9 Å². The van der Waals surface area contributed by atoms with Crippen molar-refractivity contribution < 1.29 is 19.1 Å². The van der Waals surface area contributed by atoms with Crippen LogP contribution in [0.3, 0.4) is 0 Å². The Labute approximate surface area is 217 Å². The van der Waals surface area contributed by atoms with E-state index in [9.17, 15) is 9.59 Å². The number of amides is 2. The third-order valence-corrected chi connectivity index (χ3v) is 6.22. The van der Waals surface area contributed by atoms with Crippen LogP contribution in [-0.4, -0.2) is 50.2 Å².